The lowest BCUT2D eigenvalue weighted by Crippen LogP contribution is -2.36. The van der Waals surface area contributed by atoms with E-state index in [0.29, 0.717) is 13.1 Å². The van der Waals surface area contributed by atoms with Crippen LogP contribution in [0.15, 0.2) is 37.2 Å². The van der Waals surface area contributed by atoms with Gasteiger partial charge in [0, 0.05) is 56.8 Å². The Hall–Kier alpha value is -3.21. The van der Waals surface area contributed by atoms with E-state index in [-0.39, 0.29) is 26.2 Å². The van der Waals surface area contributed by atoms with Gasteiger partial charge in [-0.05, 0) is 6.92 Å². The largest absolute Gasteiger partial charge is 0.480 e. The normalized spacial score (nSPS) is 19.9. The monoisotopic (exact) mass is 398 g/mol. The maximum atomic E-state index is 11.1. The molecule has 1 heterocycles. The van der Waals surface area contributed by atoms with Gasteiger partial charge in [-0.3, -0.25) is 14.4 Å². The fourth-order valence-corrected chi connectivity index (χ4v) is 2.36. The predicted octanol–water partition coefficient (Wildman–Crippen LogP) is -0.744. The number of aliphatic hydroxyl groups excluding tert-OH is 1. The third-order valence-electron chi connectivity index (χ3n) is 3.53. The van der Waals surface area contributed by atoms with E-state index in [1.165, 1.54) is 45.7 Å². The Labute approximate surface area is 162 Å². The third-order valence-corrected chi connectivity index (χ3v) is 3.53. The summed E-state index contributed by atoms with van der Waals surface area (Å²) in [7, 11) is 0. The second-order valence-corrected chi connectivity index (χ2v) is 6.23. The van der Waals surface area contributed by atoms with Gasteiger partial charge in [-0.1, -0.05) is 0 Å². The lowest BCUT2D eigenvalue weighted by molar-refractivity contribution is -0.138. The van der Waals surface area contributed by atoms with Gasteiger partial charge in [0.2, 0.25) is 0 Å². The van der Waals surface area contributed by atoms with Crippen LogP contribution < -0.4 is 0 Å². The molecule has 0 radical (unpaired) electrons. The highest BCUT2D eigenvalue weighted by atomic mass is 16.4. The van der Waals surface area contributed by atoms with Crippen molar-refractivity contribution < 1.29 is 34.8 Å². The Kier molecular flexibility index (Phi) is 9.37. The smallest absolute Gasteiger partial charge is 0.323 e. The summed E-state index contributed by atoms with van der Waals surface area (Å²) in [5, 5.41) is 36.8. The van der Waals surface area contributed by atoms with Gasteiger partial charge >= 0.3 is 17.9 Å². The number of carbonyl (C=O) groups is 3. The number of nitrogens with zero attached hydrogens (tertiary/aromatic N) is 4. The molecule has 11 heteroatoms. The highest BCUT2D eigenvalue weighted by Gasteiger charge is 2.12. The number of aliphatic carboxylic acids is 3. The molecule has 4 N–H and O–H groups in total. The van der Waals surface area contributed by atoms with Crippen LogP contribution in [0.1, 0.15) is 6.92 Å². The zero-order valence-corrected chi connectivity index (χ0v) is 15.6. The van der Waals surface area contributed by atoms with Gasteiger partial charge in [-0.25, -0.2) is 0 Å². The van der Waals surface area contributed by atoms with E-state index in [2.05, 4.69) is 0 Å². The standard InChI is InChI=1S/C17H26N4O7/c1-14(22)10-18-2-4-19(11-15(23)24)6-8-21(13-17(27)28)9-7-20(5-3-18)12-16(25)26/h2,4,6-9,14,22H,3,5,10-13H2,1H3,(H,23,24)(H,25,26)(H,27,28)/b4-2+,8-6+,9-7+/t14-/m1/s1. The number of hydrogen-bond acceptors (Lipinski definition) is 8. The lowest BCUT2D eigenvalue weighted by atomic mass is 10.3. The van der Waals surface area contributed by atoms with E-state index in [9.17, 15) is 19.5 Å². The summed E-state index contributed by atoms with van der Waals surface area (Å²) in [6, 6.07) is 0. The Bertz CT molecular complexity index is 633. The number of carboxylic acids is 3. The molecule has 11 nitrogen and oxygen atoms in total. The number of rotatable bonds is 8. The summed E-state index contributed by atoms with van der Waals surface area (Å²) in [6.45, 7) is 1.54. The number of aliphatic hydroxyl groups is 1. The number of carboxylic acid groups (broad SMARTS) is 3. The maximum Gasteiger partial charge on any atom is 0.323 e. The second kappa shape index (κ2) is 11.5. The van der Waals surface area contributed by atoms with Crippen LogP contribution in [0, 0.1) is 0 Å². The summed E-state index contributed by atoms with van der Waals surface area (Å²) in [6.07, 6.45) is 8.13. The van der Waals surface area contributed by atoms with Crippen LogP contribution in [0.4, 0.5) is 0 Å². The van der Waals surface area contributed by atoms with Gasteiger partial charge in [-0.15, -0.1) is 0 Å². The maximum absolute atomic E-state index is 11.1. The minimum absolute atomic E-state index is 0.275. The molecule has 28 heavy (non-hydrogen) atoms. The number of β-amino-alcohol motifs (C(OH)–C–C–N with tert-alkyl or cyclic N) is 1. The fraction of sp³-hybridized carbons (Fsp3) is 0.471. The first-order chi connectivity index (χ1) is 13.2. The zero-order chi connectivity index (χ0) is 21.1. The van der Waals surface area contributed by atoms with Gasteiger partial charge in [-0.2, -0.15) is 0 Å². The molecule has 1 atom stereocenters. The van der Waals surface area contributed by atoms with Gasteiger partial charge < -0.3 is 40.0 Å². The molecular formula is C17H26N4O7. The highest BCUT2D eigenvalue weighted by Crippen LogP contribution is 2.04. The van der Waals surface area contributed by atoms with E-state index in [0.717, 1.165) is 0 Å². The topological polar surface area (TPSA) is 145 Å². The summed E-state index contributed by atoms with van der Waals surface area (Å²) in [5.41, 5.74) is 0. The van der Waals surface area contributed by atoms with E-state index >= 15 is 0 Å². The quantitative estimate of drug-likeness (QED) is 0.410. The van der Waals surface area contributed by atoms with Crippen LogP contribution in [0.5, 0.6) is 0 Å². The lowest BCUT2D eigenvalue weighted by Gasteiger charge is -2.28. The van der Waals surface area contributed by atoms with E-state index in [1.54, 1.807) is 18.0 Å². The Balaban J connectivity index is 3.16. The molecule has 0 bridgehead atoms. The van der Waals surface area contributed by atoms with Crippen LogP contribution in [0.2, 0.25) is 0 Å². The van der Waals surface area contributed by atoms with Crippen molar-refractivity contribution in [3.05, 3.63) is 37.2 Å². The average molecular weight is 398 g/mol. The van der Waals surface area contributed by atoms with Gasteiger partial charge in [0.25, 0.3) is 0 Å². The average Bonchev–Trinajstić information content (AvgIpc) is 2.55. The highest BCUT2D eigenvalue weighted by molar-refractivity contribution is 5.70. The molecule has 0 spiro atoms. The first-order valence-corrected chi connectivity index (χ1v) is 8.53. The number of hydrogen-bond donors (Lipinski definition) is 4. The van der Waals surface area contributed by atoms with Crippen molar-refractivity contribution in [2.24, 2.45) is 0 Å². The molecule has 0 aliphatic carbocycles. The van der Waals surface area contributed by atoms with Gasteiger partial charge in [0.05, 0.1) is 6.10 Å². The molecule has 0 aromatic rings. The van der Waals surface area contributed by atoms with Crippen molar-refractivity contribution in [1.29, 1.82) is 0 Å². The molecule has 0 aromatic heterocycles. The van der Waals surface area contributed by atoms with Crippen molar-refractivity contribution in [2.75, 3.05) is 39.3 Å². The van der Waals surface area contributed by atoms with Crippen LogP contribution in [0.3, 0.4) is 0 Å². The predicted molar refractivity (Wildman–Crippen MR) is 98.6 cm³/mol. The Morgan fingerprint density at radius 3 is 1.57 bits per heavy atom. The van der Waals surface area contributed by atoms with Crippen molar-refractivity contribution >= 4 is 17.9 Å². The summed E-state index contributed by atoms with van der Waals surface area (Å²) in [5.74, 6) is -3.21. The molecule has 0 saturated carbocycles. The van der Waals surface area contributed by atoms with Crippen molar-refractivity contribution in [1.82, 2.24) is 19.6 Å². The first-order valence-electron chi connectivity index (χ1n) is 8.53. The molecule has 156 valence electrons. The molecule has 0 fully saturated rings. The van der Waals surface area contributed by atoms with Gasteiger partial charge in [0.15, 0.2) is 0 Å². The van der Waals surface area contributed by atoms with E-state index in [4.69, 9.17) is 15.3 Å². The summed E-state index contributed by atoms with van der Waals surface area (Å²) < 4.78 is 0. The second-order valence-electron chi connectivity index (χ2n) is 6.23. The van der Waals surface area contributed by atoms with Crippen LogP contribution in [-0.2, 0) is 14.4 Å². The van der Waals surface area contributed by atoms with Crippen molar-refractivity contribution in [3.8, 4) is 0 Å². The first kappa shape index (κ1) is 22.8. The molecule has 0 saturated heterocycles. The Morgan fingerprint density at radius 1 is 0.750 bits per heavy atom. The summed E-state index contributed by atoms with van der Waals surface area (Å²) >= 11 is 0. The zero-order valence-electron chi connectivity index (χ0n) is 15.6. The molecule has 0 unspecified atom stereocenters. The SMILES string of the molecule is C[C@@H](O)CN1/C=C/N(CC(=O)O)/C=C/N(CC(=O)O)/C=C/N(CC(=O)O)CC1. The molecule has 1 aliphatic rings. The minimum Gasteiger partial charge on any atom is -0.480 e. The van der Waals surface area contributed by atoms with E-state index < -0.39 is 24.0 Å². The molecule has 0 amide bonds. The van der Waals surface area contributed by atoms with Crippen LogP contribution >= 0.6 is 0 Å². The van der Waals surface area contributed by atoms with Crippen LogP contribution in [-0.4, -0.2) is 103 Å². The molecular weight excluding hydrogens is 372 g/mol. The van der Waals surface area contributed by atoms with E-state index in [1.807, 2.05) is 0 Å². The third kappa shape index (κ3) is 10.1. The molecule has 1 rings (SSSR count). The minimum atomic E-state index is -1.10. The fourth-order valence-electron chi connectivity index (χ4n) is 2.36. The van der Waals surface area contributed by atoms with Gasteiger partial charge in [0.1, 0.15) is 19.6 Å². The van der Waals surface area contributed by atoms with Crippen molar-refractivity contribution in [3.63, 3.8) is 0 Å². The molecule has 0 aromatic carbocycles. The summed E-state index contributed by atoms with van der Waals surface area (Å²) in [4.78, 5) is 39.1. The van der Waals surface area contributed by atoms with Crippen LogP contribution in [0.25, 0.3) is 0 Å². The Morgan fingerprint density at radius 2 is 1.14 bits per heavy atom. The van der Waals surface area contributed by atoms with Crippen molar-refractivity contribution in [2.45, 2.75) is 13.0 Å². The molecule has 1 aliphatic heterocycles.